The number of rotatable bonds is 4. The van der Waals surface area contributed by atoms with Crippen LogP contribution in [-0.2, 0) is 4.79 Å². The van der Waals surface area contributed by atoms with Gasteiger partial charge in [-0.1, -0.05) is 43.3 Å². The van der Waals surface area contributed by atoms with Crippen LogP contribution in [0.3, 0.4) is 0 Å². The Bertz CT molecular complexity index is 889. The maximum absolute atomic E-state index is 12.8. The Hall–Kier alpha value is -2.69. The van der Waals surface area contributed by atoms with E-state index < -0.39 is 0 Å². The van der Waals surface area contributed by atoms with E-state index in [9.17, 15) is 4.79 Å². The van der Waals surface area contributed by atoms with E-state index in [1.54, 1.807) is 0 Å². The van der Waals surface area contributed by atoms with Crippen molar-refractivity contribution in [1.82, 2.24) is 19.5 Å². The largest absolute Gasteiger partial charge is 0.342 e. The Morgan fingerprint density at radius 3 is 2.81 bits per heavy atom. The SMILES string of the molecule is CC(CC(=O)N1CCCC(c2nnc3ccccn23)C1)c1ccccc1. The molecule has 134 valence electrons. The summed E-state index contributed by atoms with van der Waals surface area (Å²) < 4.78 is 2.05. The maximum Gasteiger partial charge on any atom is 0.223 e. The summed E-state index contributed by atoms with van der Waals surface area (Å²) in [5.74, 6) is 1.68. The van der Waals surface area contributed by atoms with Gasteiger partial charge in [-0.05, 0) is 36.5 Å². The first kappa shape index (κ1) is 16.8. The van der Waals surface area contributed by atoms with Crippen LogP contribution in [0.25, 0.3) is 5.65 Å². The zero-order valence-electron chi connectivity index (χ0n) is 15.1. The molecule has 0 bridgehead atoms. The van der Waals surface area contributed by atoms with Gasteiger partial charge in [-0.25, -0.2) is 0 Å². The molecule has 2 aromatic heterocycles. The van der Waals surface area contributed by atoms with E-state index >= 15 is 0 Å². The van der Waals surface area contributed by atoms with Crippen molar-refractivity contribution in [2.45, 2.75) is 38.0 Å². The van der Waals surface area contributed by atoms with E-state index in [-0.39, 0.29) is 17.7 Å². The van der Waals surface area contributed by atoms with Gasteiger partial charge in [0.2, 0.25) is 5.91 Å². The molecule has 2 unspecified atom stereocenters. The molecule has 1 aliphatic heterocycles. The van der Waals surface area contributed by atoms with E-state index in [1.807, 2.05) is 51.9 Å². The van der Waals surface area contributed by atoms with Gasteiger partial charge in [0.25, 0.3) is 0 Å². The Kier molecular flexibility index (Phi) is 4.69. The second-order valence-corrected chi connectivity index (χ2v) is 7.18. The van der Waals surface area contributed by atoms with E-state index in [0.29, 0.717) is 6.42 Å². The fourth-order valence-electron chi connectivity index (χ4n) is 3.84. The molecule has 1 saturated heterocycles. The van der Waals surface area contributed by atoms with Crippen LogP contribution >= 0.6 is 0 Å². The normalized spacial score (nSPS) is 18.8. The molecule has 0 aliphatic carbocycles. The van der Waals surface area contributed by atoms with Crippen LogP contribution in [0.4, 0.5) is 0 Å². The molecule has 5 heteroatoms. The topological polar surface area (TPSA) is 50.5 Å². The summed E-state index contributed by atoms with van der Waals surface area (Å²) >= 11 is 0. The van der Waals surface area contributed by atoms with Crippen LogP contribution in [0.2, 0.25) is 0 Å². The molecule has 1 aromatic carbocycles. The number of amides is 1. The van der Waals surface area contributed by atoms with Crippen LogP contribution in [-0.4, -0.2) is 38.5 Å². The minimum Gasteiger partial charge on any atom is -0.342 e. The van der Waals surface area contributed by atoms with Gasteiger partial charge in [0.05, 0.1) is 0 Å². The predicted octanol–water partition coefficient (Wildman–Crippen LogP) is 3.63. The highest BCUT2D eigenvalue weighted by Crippen LogP contribution is 2.28. The molecule has 1 aliphatic rings. The fraction of sp³-hybridized carbons (Fsp3) is 0.381. The lowest BCUT2D eigenvalue weighted by Crippen LogP contribution is -2.40. The van der Waals surface area contributed by atoms with Gasteiger partial charge in [0.15, 0.2) is 5.65 Å². The number of likely N-dealkylation sites (tertiary alicyclic amines) is 1. The first-order chi connectivity index (χ1) is 12.7. The zero-order chi connectivity index (χ0) is 17.9. The fourth-order valence-corrected chi connectivity index (χ4v) is 3.84. The van der Waals surface area contributed by atoms with Crippen LogP contribution in [0, 0.1) is 0 Å². The third-order valence-electron chi connectivity index (χ3n) is 5.33. The Labute approximate surface area is 153 Å². The molecule has 2 atom stereocenters. The van der Waals surface area contributed by atoms with Crippen molar-refractivity contribution in [1.29, 1.82) is 0 Å². The number of carbonyl (C=O) groups excluding carboxylic acids is 1. The predicted molar refractivity (Wildman–Crippen MR) is 101 cm³/mol. The first-order valence-corrected chi connectivity index (χ1v) is 9.35. The summed E-state index contributed by atoms with van der Waals surface area (Å²) in [6.07, 6.45) is 4.62. The van der Waals surface area contributed by atoms with Crippen molar-refractivity contribution >= 4 is 11.6 Å². The molecule has 4 rings (SSSR count). The number of piperidine rings is 1. The molecule has 3 aromatic rings. The third kappa shape index (κ3) is 3.34. The first-order valence-electron chi connectivity index (χ1n) is 9.35. The summed E-state index contributed by atoms with van der Waals surface area (Å²) in [7, 11) is 0. The number of hydrogen-bond acceptors (Lipinski definition) is 3. The summed E-state index contributed by atoms with van der Waals surface area (Å²) in [4.78, 5) is 14.9. The number of pyridine rings is 1. The van der Waals surface area contributed by atoms with Crippen molar-refractivity contribution in [3.63, 3.8) is 0 Å². The Morgan fingerprint density at radius 2 is 1.96 bits per heavy atom. The van der Waals surface area contributed by atoms with E-state index in [0.717, 1.165) is 37.4 Å². The molecule has 0 N–H and O–H groups in total. The molecule has 0 spiro atoms. The number of carbonyl (C=O) groups is 1. The van der Waals surface area contributed by atoms with Gasteiger partial charge < -0.3 is 4.90 Å². The lowest BCUT2D eigenvalue weighted by atomic mass is 9.94. The quantitative estimate of drug-likeness (QED) is 0.723. The van der Waals surface area contributed by atoms with Crippen LogP contribution < -0.4 is 0 Å². The molecule has 5 nitrogen and oxygen atoms in total. The Balaban J connectivity index is 1.45. The van der Waals surface area contributed by atoms with Crippen LogP contribution in [0.5, 0.6) is 0 Å². The second kappa shape index (κ2) is 7.28. The van der Waals surface area contributed by atoms with Gasteiger partial charge in [-0.3, -0.25) is 9.20 Å². The molecule has 0 radical (unpaired) electrons. The van der Waals surface area contributed by atoms with E-state index in [2.05, 4.69) is 29.3 Å². The smallest absolute Gasteiger partial charge is 0.223 e. The molecule has 0 saturated carbocycles. The molecule has 26 heavy (non-hydrogen) atoms. The highest BCUT2D eigenvalue weighted by Gasteiger charge is 2.28. The molecule has 3 heterocycles. The lowest BCUT2D eigenvalue weighted by molar-refractivity contribution is -0.132. The van der Waals surface area contributed by atoms with Crippen LogP contribution in [0.1, 0.15) is 49.4 Å². The number of benzene rings is 1. The van der Waals surface area contributed by atoms with Gasteiger partial charge in [-0.15, -0.1) is 10.2 Å². The highest BCUT2D eigenvalue weighted by molar-refractivity contribution is 5.77. The molecular formula is C21H24N4O. The van der Waals surface area contributed by atoms with Crippen molar-refractivity contribution in [2.75, 3.05) is 13.1 Å². The molecule has 1 fully saturated rings. The number of nitrogens with zero attached hydrogens (tertiary/aromatic N) is 4. The van der Waals surface area contributed by atoms with Crippen molar-refractivity contribution in [2.24, 2.45) is 0 Å². The van der Waals surface area contributed by atoms with E-state index in [4.69, 9.17) is 0 Å². The summed E-state index contributed by atoms with van der Waals surface area (Å²) in [5, 5.41) is 8.66. The van der Waals surface area contributed by atoms with E-state index in [1.165, 1.54) is 5.56 Å². The maximum atomic E-state index is 12.8. The third-order valence-corrected chi connectivity index (χ3v) is 5.33. The Morgan fingerprint density at radius 1 is 1.15 bits per heavy atom. The number of aromatic nitrogens is 3. The van der Waals surface area contributed by atoms with Crippen molar-refractivity contribution in [3.05, 3.63) is 66.1 Å². The van der Waals surface area contributed by atoms with Gasteiger partial charge >= 0.3 is 0 Å². The van der Waals surface area contributed by atoms with Gasteiger partial charge in [0, 0.05) is 31.6 Å². The molecule has 1 amide bonds. The van der Waals surface area contributed by atoms with Crippen molar-refractivity contribution < 1.29 is 4.79 Å². The molecular weight excluding hydrogens is 324 g/mol. The standard InChI is InChI=1S/C21H24N4O/c1-16(17-8-3-2-4-9-17)14-20(26)24-12-7-10-18(15-24)21-23-22-19-11-5-6-13-25(19)21/h2-6,8-9,11,13,16,18H,7,10,12,14-15H2,1H3. The summed E-state index contributed by atoms with van der Waals surface area (Å²) in [6.45, 7) is 3.70. The lowest BCUT2D eigenvalue weighted by Gasteiger charge is -2.32. The second-order valence-electron chi connectivity index (χ2n) is 7.18. The van der Waals surface area contributed by atoms with Crippen molar-refractivity contribution in [3.8, 4) is 0 Å². The average molecular weight is 348 g/mol. The van der Waals surface area contributed by atoms with Gasteiger partial charge in [-0.2, -0.15) is 0 Å². The summed E-state index contributed by atoms with van der Waals surface area (Å²) in [5.41, 5.74) is 2.08. The summed E-state index contributed by atoms with van der Waals surface area (Å²) in [6, 6.07) is 16.2. The number of hydrogen-bond donors (Lipinski definition) is 0. The highest BCUT2D eigenvalue weighted by atomic mass is 16.2. The number of fused-ring (bicyclic) bond motifs is 1. The van der Waals surface area contributed by atoms with Crippen LogP contribution in [0.15, 0.2) is 54.7 Å². The average Bonchev–Trinajstić information content (AvgIpc) is 3.13. The minimum atomic E-state index is 0.234. The van der Waals surface area contributed by atoms with Gasteiger partial charge in [0.1, 0.15) is 5.82 Å². The minimum absolute atomic E-state index is 0.234. The monoisotopic (exact) mass is 348 g/mol. The zero-order valence-corrected chi connectivity index (χ0v) is 15.1.